The van der Waals surface area contributed by atoms with Gasteiger partial charge >= 0.3 is 0 Å². The Morgan fingerprint density at radius 3 is 2.59 bits per heavy atom. The SMILES string of the molecule is Nc1ccc(OCc2cccc(Cl)c2)c(Cl)c1. The van der Waals surface area contributed by atoms with Crippen molar-refractivity contribution in [3.8, 4) is 5.75 Å². The Morgan fingerprint density at radius 2 is 1.88 bits per heavy atom. The second kappa shape index (κ2) is 5.30. The van der Waals surface area contributed by atoms with Crippen LogP contribution < -0.4 is 10.5 Å². The lowest BCUT2D eigenvalue weighted by molar-refractivity contribution is 0.306. The summed E-state index contributed by atoms with van der Waals surface area (Å²) < 4.78 is 5.59. The normalized spacial score (nSPS) is 10.2. The summed E-state index contributed by atoms with van der Waals surface area (Å²) in [5, 5.41) is 1.20. The van der Waals surface area contributed by atoms with Crippen LogP contribution in [0.2, 0.25) is 10.0 Å². The zero-order chi connectivity index (χ0) is 12.3. The van der Waals surface area contributed by atoms with E-state index in [0.717, 1.165) is 5.56 Å². The Hall–Kier alpha value is -1.38. The van der Waals surface area contributed by atoms with Crippen molar-refractivity contribution in [3.05, 3.63) is 58.1 Å². The fourth-order valence-electron chi connectivity index (χ4n) is 1.42. The van der Waals surface area contributed by atoms with E-state index in [9.17, 15) is 0 Å². The van der Waals surface area contributed by atoms with E-state index in [-0.39, 0.29) is 0 Å². The van der Waals surface area contributed by atoms with Crippen molar-refractivity contribution in [2.24, 2.45) is 0 Å². The van der Waals surface area contributed by atoms with Crippen LogP contribution in [-0.4, -0.2) is 0 Å². The van der Waals surface area contributed by atoms with E-state index < -0.39 is 0 Å². The van der Waals surface area contributed by atoms with E-state index in [1.165, 1.54) is 0 Å². The minimum atomic E-state index is 0.421. The summed E-state index contributed by atoms with van der Waals surface area (Å²) in [5.74, 6) is 0.612. The largest absolute Gasteiger partial charge is 0.487 e. The van der Waals surface area contributed by atoms with Crippen LogP contribution in [0.5, 0.6) is 5.75 Å². The zero-order valence-corrected chi connectivity index (χ0v) is 10.5. The van der Waals surface area contributed by atoms with Crippen LogP contribution in [0, 0.1) is 0 Å². The molecule has 0 bridgehead atoms. The van der Waals surface area contributed by atoms with Crippen molar-refractivity contribution in [3.63, 3.8) is 0 Å². The number of rotatable bonds is 3. The molecule has 2 aromatic rings. The monoisotopic (exact) mass is 267 g/mol. The van der Waals surface area contributed by atoms with E-state index in [4.69, 9.17) is 33.7 Å². The van der Waals surface area contributed by atoms with Crippen molar-refractivity contribution < 1.29 is 4.74 Å². The highest BCUT2D eigenvalue weighted by molar-refractivity contribution is 6.32. The smallest absolute Gasteiger partial charge is 0.138 e. The number of nitrogens with two attached hydrogens (primary N) is 1. The molecule has 0 unspecified atom stereocenters. The van der Waals surface area contributed by atoms with E-state index in [0.29, 0.717) is 28.1 Å². The predicted molar refractivity (Wildman–Crippen MR) is 71.6 cm³/mol. The summed E-state index contributed by atoms with van der Waals surface area (Å²) in [6.07, 6.45) is 0. The second-order valence-electron chi connectivity index (χ2n) is 3.61. The van der Waals surface area contributed by atoms with E-state index >= 15 is 0 Å². The van der Waals surface area contributed by atoms with Gasteiger partial charge in [0, 0.05) is 10.7 Å². The van der Waals surface area contributed by atoms with Gasteiger partial charge in [-0.2, -0.15) is 0 Å². The Labute approximate surface area is 110 Å². The van der Waals surface area contributed by atoms with E-state index in [1.54, 1.807) is 18.2 Å². The Balaban J connectivity index is 2.07. The standard InChI is InChI=1S/C13H11Cl2NO/c14-10-3-1-2-9(6-10)8-17-13-5-4-11(16)7-12(13)15/h1-7H,8,16H2. The summed E-state index contributed by atoms with van der Waals surface area (Å²) in [5.41, 5.74) is 7.20. The molecule has 17 heavy (non-hydrogen) atoms. The molecule has 0 spiro atoms. The molecule has 0 aliphatic carbocycles. The van der Waals surface area contributed by atoms with Crippen LogP contribution in [0.15, 0.2) is 42.5 Å². The van der Waals surface area contributed by atoms with Crippen LogP contribution in [0.1, 0.15) is 5.56 Å². The van der Waals surface area contributed by atoms with Crippen molar-refractivity contribution in [2.75, 3.05) is 5.73 Å². The Morgan fingerprint density at radius 1 is 1.06 bits per heavy atom. The van der Waals surface area contributed by atoms with Crippen molar-refractivity contribution >= 4 is 28.9 Å². The van der Waals surface area contributed by atoms with Crippen molar-refractivity contribution in [2.45, 2.75) is 6.61 Å². The first-order valence-corrected chi connectivity index (χ1v) is 5.83. The number of nitrogen functional groups attached to an aromatic ring is 1. The average Bonchev–Trinajstić information content (AvgIpc) is 2.28. The van der Waals surface area contributed by atoms with Crippen molar-refractivity contribution in [1.82, 2.24) is 0 Å². The van der Waals surface area contributed by atoms with Crippen LogP contribution in [0.25, 0.3) is 0 Å². The summed E-state index contributed by atoms with van der Waals surface area (Å²) in [7, 11) is 0. The first-order valence-electron chi connectivity index (χ1n) is 5.07. The summed E-state index contributed by atoms with van der Waals surface area (Å²) in [6.45, 7) is 0.421. The third-order valence-electron chi connectivity index (χ3n) is 2.24. The minimum Gasteiger partial charge on any atom is -0.487 e. The second-order valence-corrected chi connectivity index (χ2v) is 4.45. The molecule has 2 aromatic carbocycles. The van der Waals surface area contributed by atoms with Gasteiger partial charge in [-0.25, -0.2) is 0 Å². The molecule has 4 heteroatoms. The number of ether oxygens (including phenoxy) is 1. The van der Waals surface area contributed by atoms with Gasteiger partial charge in [0.15, 0.2) is 0 Å². The fraction of sp³-hybridized carbons (Fsp3) is 0.0769. The highest BCUT2D eigenvalue weighted by Crippen LogP contribution is 2.27. The van der Waals surface area contributed by atoms with Gasteiger partial charge in [-0.1, -0.05) is 35.3 Å². The molecule has 2 rings (SSSR count). The first kappa shape index (κ1) is 12.1. The fourth-order valence-corrected chi connectivity index (χ4v) is 1.88. The highest BCUT2D eigenvalue weighted by Gasteiger charge is 2.02. The number of anilines is 1. The third-order valence-corrected chi connectivity index (χ3v) is 2.77. The molecule has 0 saturated heterocycles. The minimum absolute atomic E-state index is 0.421. The molecule has 0 fully saturated rings. The van der Waals surface area contributed by atoms with E-state index in [1.807, 2.05) is 24.3 Å². The maximum absolute atomic E-state index is 6.00. The summed E-state index contributed by atoms with van der Waals surface area (Å²) in [4.78, 5) is 0. The maximum atomic E-state index is 6.00. The molecular formula is C13H11Cl2NO. The molecule has 0 heterocycles. The molecule has 0 aliphatic rings. The van der Waals surface area contributed by atoms with Crippen LogP contribution in [0.4, 0.5) is 5.69 Å². The number of hydrogen-bond donors (Lipinski definition) is 1. The summed E-state index contributed by atoms with van der Waals surface area (Å²) in [6, 6.07) is 12.7. The quantitative estimate of drug-likeness (QED) is 0.848. The molecule has 0 saturated carbocycles. The lowest BCUT2D eigenvalue weighted by Gasteiger charge is -2.08. The molecule has 0 radical (unpaired) electrons. The van der Waals surface area contributed by atoms with Crippen molar-refractivity contribution in [1.29, 1.82) is 0 Å². The van der Waals surface area contributed by atoms with Gasteiger partial charge in [-0.05, 0) is 35.9 Å². The van der Waals surface area contributed by atoms with Gasteiger partial charge in [-0.3, -0.25) is 0 Å². The first-order chi connectivity index (χ1) is 8.15. The molecule has 0 aliphatic heterocycles. The third kappa shape index (κ3) is 3.29. The molecule has 0 atom stereocenters. The number of halogens is 2. The van der Waals surface area contributed by atoms with Gasteiger partial charge in [0.05, 0.1) is 5.02 Å². The van der Waals surface area contributed by atoms with Crippen LogP contribution in [-0.2, 0) is 6.61 Å². The number of hydrogen-bond acceptors (Lipinski definition) is 2. The number of benzene rings is 2. The van der Waals surface area contributed by atoms with E-state index in [2.05, 4.69) is 0 Å². The van der Waals surface area contributed by atoms with Gasteiger partial charge in [-0.15, -0.1) is 0 Å². The molecule has 0 amide bonds. The molecule has 0 aromatic heterocycles. The van der Waals surface area contributed by atoms with Gasteiger partial charge in [0.1, 0.15) is 12.4 Å². The maximum Gasteiger partial charge on any atom is 0.138 e. The summed E-state index contributed by atoms with van der Waals surface area (Å²) >= 11 is 11.9. The average molecular weight is 268 g/mol. The zero-order valence-electron chi connectivity index (χ0n) is 8.99. The molecule has 88 valence electrons. The van der Waals surface area contributed by atoms with Crippen LogP contribution >= 0.6 is 23.2 Å². The molecular weight excluding hydrogens is 257 g/mol. The Bertz CT molecular complexity index is 529. The lowest BCUT2D eigenvalue weighted by atomic mass is 10.2. The van der Waals surface area contributed by atoms with Gasteiger partial charge in [0.25, 0.3) is 0 Å². The van der Waals surface area contributed by atoms with Gasteiger partial charge in [0.2, 0.25) is 0 Å². The predicted octanol–water partition coefficient (Wildman–Crippen LogP) is 4.15. The van der Waals surface area contributed by atoms with Crippen LogP contribution in [0.3, 0.4) is 0 Å². The lowest BCUT2D eigenvalue weighted by Crippen LogP contribution is -1.96. The highest BCUT2D eigenvalue weighted by atomic mass is 35.5. The Kier molecular flexibility index (Phi) is 3.77. The molecule has 2 N–H and O–H groups in total. The topological polar surface area (TPSA) is 35.2 Å². The molecule has 2 nitrogen and oxygen atoms in total. The van der Waals surface area contributed by atoms with Gasteiger partial charge < -0.3 is 10.5 Å².